The number of aliphatic hydroxyl groups excluding tert-OH is 2. The minimum absolute atomic E-state index is 0.0802. The number of hydrogen-bond acceptors (Lipinski definition) is 6. The number of nitrogens with zero attached hydrogens (tertiary/aromatic N) is 1. The number of nitrogens with one attached hydrogen (secondary N) is 1. The highest BCUT2D eigenvalue weighted by atomic mass is 127. The summed E-state index contributed by atoms with van der Waals surface area (Å²) in [5, 5.41) is 24.2. The third kappa shape index (κ3) is 7.00. The van der Waals surface area contributed by atoms with E-state index in [9.17, 15) is 19.8 Å². The molecule has 4 atom stereocenters. The molecule has 0 radical (unpaired) electrons. The fourth-order valence-corrected chi connectivity index (χ4v) is 5.46. The highest BCUT2D eigenvalue weighted by Crippen LogP contribution is 2.32. The SMILES string of the molecule is O=C(NCCO)C1=C[C@H](Oc2ccccc2I)[C@@H](O)[C@H](N(Cc2ccc(Cl)c(Cl)c2)C(=O)C2CCOC2)C1. The summed E-state index contributed by atoms with van der Waals surface area (Å²) in [5.74, 6) is -0.381. The maximum Gasteiger partial charge on any atom is 0.247 e. The van der Waals surface area contributed by atoms with Crippen LogP contribution in [0.1, 0.15) is 18.4 Å². The molecule has 4 rings (SSSR count). The zero-order valence-electron chi connectivity index (χ0n) is 20.5. The number of halogens is 3. The summed E-state index contributed by atoms with van der Waals surface area (Å²) in [7, 11) is 0. The molecule has 1 saturated heterocycles. The number of benzene rings is 2. The number of hydrogen-bond donors (Lipinski definition) is 3. The van der Waals surface area contributed by atoms with Gasteiger partial charge in [-0.2, -0.15) is 0 Å². The number of rotatable bonds is 9. The van der Waals surface area contributed by atoms with Crippen molar-refractivity contribution in [2.24, 2.45) is 5.92 Å². The normalized spacial score (nSPS) is 23.0. The van der Waals surface area contributed by atoms with Crippen LogP contribution in [-0.2, 0) is 20.9 Å². The molecule has 0 bridgehead atoms. The molecule has 204 valence electrons. The lowest BCUT2D eigenvalue weighted by molar-refractivity contribution is -0.143. The average molecular weight is 675 g/mol. The first-order valence-electron chi connectivity index (χ1n) is 12.3. The monoisotopic (exact) mass is 674 g/mol. The summed E-state index contributed by atoms with van der Waals surface area (Å²) in [6.45, 7) is 0.793. The van der Waals surface area contributed by atoms with Crippen LogP contribution in [-0.4, -0.2) is 71.5 Å². The van der Waals surface area contributed by atoms with Gasteiger partial charge >= 0.3 is 0 Å². The Bertz CT molecular complexity index is 1190. The summed E-state index contributed by atoms with van der Waals surface area (Å²) in [5.41, 5.74) is 1.09. The predicted molar refractivity (Wildman–Crippen MR) is 152 cm³/mol. The fourth-order valence-electron chi connectivity index (χ4n) is 4.62. The number of aliphatic hydroxyl groups is 2. The Morgan fingerprint density at radius 2 is 1.97 bits per heavy atom. The van der Waals surface area contributed by atoms with Crippen LogP contribution in [0.25, 0.3) is 0 Å². The summed E-state index contributed by atoms with van der Waals surface area (Å²) in [6, 6.07) is 11.7. The standard InChI is InChI=1S/C27H29Cl2IN2O6/c28-19-6-5-16(11-20(19)29)14-32(27(36)17-7-10-37-15-17)22-12-18(26(35)31-8-9-33)13-24(25(22)34)38-23-4-2-1-3-21(23)30/h1-6,11,13,17,22,24-25,33-34H,7-10,12,14-15H2,(H,31,35)/t17?,22-,24+,25+/m1/s1. The lowest BCUT2D eigenvalue weighted by Gasteiger charge is -2.41. The largest absolute Gasteiger partial charge is 0.482 e. The summed E-state index contributed by atoms with van der Waals surface area (Å²) < 4.78 is 12.5. The highest BCUT2D eigenvalue weighted by Gasteiger charge is 2.42. The average Bonchev–Trinajstić information content (AvgIpc) is 3.45. The van der Waals surface area contributed by atoms with Gasteiger partial charge in [0.05, 0.1) is 38.8 Å². The number of ether oxygens (including phenoxy) is 2. The van der Waals surface area contributed by atoms with Gasteiger partial charge in [-0.25, -0.2) is 0 Å². The van der Waals surface area contributed by atoms with Gasteiger partial charge in [-0.15, -0.1) is 0 Å². The highest BCUT2D eigenvalue weighted by molar-refractivity contribution is 14.1. The van der Waals surface area contributed by atoms with Crippen molar-refractivity contribution in [2.45, 2.75) is 37.6 Å². The first-order valence-corrected chi connectivity index (χ1v) is 14.1. The van der Waals surface area contributed by atoms with Gasteiger partial charge in [-0.3, -0.25) is 9.59 Å². The van der Waals surface area contributed by atoms with Crippen LogP contribution in [0.2, 0.25) is 10.0 Å². The smallest absolute Gasteiger partial charge is 0.247 e. The summed E-state index contributed by atoms with van der Waals surface area (Å²) in [4.78, 5) is 28.4. The van der Waals surface area contributed by atoms with E-state index in [1.807, 2.05) is 18.2 Å². The molecule has 2 aromatic rings. The minimum atomic E-state index is -1.13. The van der Waals surface area contributed by atoms with Crippen LogP contribution in [0.3, 0.4) is 0 Å². The molecule has 1 fully saturated rings. The molecule has 3 N–H and O–H groups in total. The molecule has 11 heteroatoms. The second-order valence-corrected chi connectivity index (χ2v) is 11.2. The predicted octanol–water partition coefficient (Wildman–Crippen LogP) is 3.58. The zero-order chi connectivity index (χ0) is 27.2. The Kier molecular flexibility index (Phi) is 10.3. The maximum atomic E-state index is 13.8. The molecular weight excluding hydrogens is 646 g/mol. The van der Waals surface area contributed by atoms with E-state index in [2.05, 4.69) is 27.9 Å². The molecule has 0 aromatic heterocycles. The van der Waals surface area contributed by atoms with Gasteiger partial charge in [0.1, 0.15) is 18.0 Å². The lowest BCUT2D eigenvalue weighted by atomic mass is 9.87. The third-order valence-corrected chi connectivity index (χ3v) is 8.24. The van der Waals surface area contributed by atoms with E-state index in [1.54, 1.807) is 35.2 Å². The number of amides is 2. The van der Waals surface area contributed by atoms with Crippen molar-refractivity contribution in [1.82, 2.24) is 10.2 Å². The van der Waals surface area contributed by atoms with E-state index in [4.69, 9.17) is 32.7 Å². The third-order valence-electron chi connectivity index (χ3n) is 6.61. The van der Waals surface area contributed by atoms with E-state index in [1.165, 1.54) is 0 Å². The van der Waals surface area contributed by atoms with E-state index in [0.29, 0.717) is 41.0 Å². The first-order chi connectivity index (χ1) is 18.3. The van der Waals surface area contributed by atoms with Crippen LogP contribution >= 0.6 is 45.8 Å². The molecule has 1 aliphatic carbocycles. The van der Waals surface area contributed by atoms with E-state index in [-0.39, 0.29) is 37.9 Å². The van der Waals surface area contributed by atoms with Crippen LogP contribution in [0.4, 0.5) is 0 Å². The molecule has 38 heavy (non-hydrogen) atoms. The Morgan fingerprint density at radius 1 is 1.18 bits per heavy atom. The molecule has 1 unspecified atom stereocenters. The fraction of sp³-hybridized carbons (Fsp3) is 0.407. The van der Waals surface area contributed by atoms with Gasteiger partial charge in [0.25, 0.3) is 0 Å². The molecular formula is C27H29Cl2IN2O6. The Balaban J connectivity index is 1.70. The Labute approximate surface area is 245 Å². The first kappa shape index (κ1) is 29.1. The second kappa shape index (κ2) is 13.5. The van der Waals surface area contributed by atoms with Crippen molar-refractivity contribution in [3.8, 4) is 5.75 Å². The molecule has 0 spiro atoms. The molecule has 1 aliphatic heterocycles. The van der Waals surface area contributed by atoms with Crippen molar-refractivity contribution in [3.63, 3.8) is 0 Å². The van der Waals surface area contributed by atoms with Gasteiger partial charge in [0.15, 0.2) is 0 Å². The molecule has 8 nitrogen and oxygen atoms in total. The van der Waals surface area contributed by atoms with Gasteiger partial charge in [-0.05, 0) is 64.9 Å². The second-order valence-electron chi connectivity index (χ2n) is 9.22. The Morgan fingerprint density at radius 3 is 2.66 bits per heavy atom. The van der Waals surface area contributed by atoms with Crippen LogP contribution < -0.4 is 10.1 Å². The summed E-state index contributed by atoms with van der Waals surface area (Å²) >= 11 is 14.5. The van der Waals surface area contributed by atoms with Gasteiger partial charge in [-0.1, -0.05) is 41.4 Å². The molecule has 2 amide bonds. The number of para-hydroxylation sites is 1. The molecule has 0 saturated carbocycles. The van der Waals surface area contributed by atoms with Crippen molar-refractivity contribution in [1.29, 1.82) is 0 Å². The molecule has 2 aliphatic rings. The number of carbonyl (C=O) groups is 2. The van der Waals surface area contributed by atoms with E-state index in [0.717, 1.165) is 9.13 Å². The van der Waals surface area contributed by atoms with Gasteiger partial charge < -0.3 is 29.9 Å². The maximum absolute atomic E-state index is 13.8. The van der Waals surface area contributed by atoms with Crippen molar-refractivity contribution < 1.29 is 29.3 Å². The molecule has 1 heterocycles. The van der Waals surface area contributed by atoms with E-state index < -0.39 is 24.2 Å². The van der Waals surface area contributed by atoms with Crippen LogP contribution in [0, 0.1) is 9.49 Å². The van der Waals surface area contributed by atoms with Gasteiger partial charge in [0.2, 0.25) is 11.8 Å². The van der Waals surface area contributed by atoms with E-state index >= 15 is 0 Å². The quantitative estimate of drug-likeness (QED) is 0.351. The molecule has 2 aromatic carbocycles. The summed E-state index contributed by atoms with van der Waals surface area (Å²) in [6.07, 6.45) is 0.238. The van der Waals surface area contributed by atoms with Crippen LogP contribution in [0.15, 0.2) is 54.1 Å². The topological polar surface area (TPSA) is 108 Å². The van der Waals surface area contributed by atoms with Crippen LogP contribution in [0.5, 0.6) is 5.75 Å². The lowest BCUT2D eigenvalue weighted by Crippen LogP contribution is -2.56. The Hall–Kier alpha value is -1.89. The minimum Gasteiger partial charge on any atom is -0.482 e. The van der Waals surface area contributed by atoms with Gasteiger partial charge in [0, 0.05) is 31.7 Å². The van der Waals surface area contributed by atoms with Crippen molar-refractivity contribution in [3.05, 3.63) is 73.3 Å². The van der Waals surface area contributed by atoms with Crippen molar-refractivity contribution in [2.75, 3.05) is 26.4 Å². The van der Waals surface area contributed by atoms with Crippen molar-refractivity contribution >= 4 is 57.6 Å². The zero-order valence-corrected chi connectivity index (χ0v) is 24.2. The number of carbonyl (C=O) groups excluding carboxylic acids is 2.